The van der Waals surface area contributed by atoms with Crippen LogP contribution in [0.2, 0.25) is 0 Å². The summed E-state index contributed by atoms with van der Waals surface area (Å²) in [5.74, 6) is -1.04. The SMILES string of the molecule is NC(=O)[C@H](Cc1ccccc1)NC(=O)c1ccc2c(c1)[nH]c(=S)n2CCCN1C(=O)C(Cc2ccccc2)NC1=S. The lowest BCUT2D eigenvalue weighted by Crippen LogP contribution is -2.45. The van der Waals surface area contributed by atoms with Gasteiger partial charge in [0.2, 0.25) is 5.91 Å². The minimum Gasteiger partial charge on any atom is -0.368 e. The molecule has 1 saturated heterocycles. The van der Waals surface area contributed by atoms with Crippen LogP contribution in [0.1, 0.15) is 27.9 Å². The van der Waals surface area contributed by atoms with E-state index >= 15 is 0 Å². The highest BCUT2D eigenvalue weighted by atomic mass is 32.1. The van der Waals surface area contributed by atoms with E-state index in [0.717, 1.165) is 16.6 Å². The van der Waals surface area contributed by atoms with Crippen molar-refractivity contribution in [1.29, 1.82) is 0 Å². The van der Waals surface area contributed by atoms with Gasteiger partial charge in [-0.1, -0.05) is 60.7 Å². The van der Waals surface area contributed by atoms with E-state index in [1.807, 2.05) is 71.3 Å². The summed E-state index contributed by atoms with van der Waals surface area (Å²) in [4.78, 5) is 42.8. The van der Waals surface area contributed by atoms with E-state index in [4.69, 9.17) is 30.2 Å². The van der Waals surface area contributed by atoms with Crippen molar-refractivity contribution in [2.75, 3.05) is 6.54 Å². The van der Waals surface area contributed by atoms with Crippen LogP contribution in [0, 0.1) is 4.77 Å². The normalized spacial score (nSPS) is 15.6. The van der Waals surface area contributed by atoms with Gasteiger partial charge in [0.15, 0.2) is 9.88 Å². The third-order valence-corrected chi connectivity index (χ3v) is 7.78. The molecule has 3 amide bonds. The fourth-order valence-electron chi connectivity index (χ4n) is 5.00. The van der Waals surface area contributed by atoms with Crippen LogP contribution < -0.4 is 16.4 Å². The van der Waals surface area contributed by atoms with Gasteiger partial charge in [-0.15, -0.1) is 0 Å². The lowest BCUT2D eigenvalue weighted by molar-refractivity contribution is -0.127. The zero-order valence-electron chi connectivity index (χ0n) is 22.2. The monoisotopic (exact) mass is 586 g/mol. The van der Waals surface area contributed by atoms with Crippen molar-refractivity contribution in [3.8, 4) is 0 Å². The van der Waals surface area contributed by atoms with Crippen LogP contribution >= 0.6 is 24.4 Å². The molecule has 41 heavy (non-hydrogen) atoms. The van der Waals surface area contributed by atoms with E-state index in [1.54, 1.807) is 17.0 Å². The molecule has 0 aliphatic carbocycles. The van der Waals surface area contributed by atoms with Crippen molar-refractivity contribution in [2.45, 2.75) is 37.9 Å². The first-order valence-electron chi connectivity index (χ1n) is 13.3. The predicted molar refractivity (Wildman–Crippen MR) is 164 cm³/mol. The van der Waals surface area contributed by atoms with Gasteiger partial charge in [0.05, 0.1) is 11.0 Å². The summed E-state index contributed by atoms with van der Waals surface area (Å²) in [5.41, 5.74) is 9.43. The molecule has 2 atom stereocenters. The number of thiocarbonyl (C=S) groups is 1. The second-order valence-electron chi connectivity index (χ2n) is 9.97. The summed E-state index contributed by atoms with van der Waals surface area (Å²) < 4.78 is 2.44. The average Bonchev–Trinajstić information content (AvgIpc) is 3.42. The molecule has 0 bridgehead atoms. The highest BCUT2D eigenvalue weighted by molar-refractivity contribution is 7.80. The summed E-state index contributed by atoms with van der Waals surface area (Å²) in [6.45, 7) is 1.02. The van der Waals surface area contributed by atoms with Crippen LogP contribution in [0.4, 0.5) is 0 Å². The van der Waals surface area contributed by atoms with Crippen LogP contribution in [0.15, 0.2) is 78.9 Å². The molecule has 4 aromatic rings. The minimum absolute atomic E-state index is 0.0291. The first-order chi connectivity index (χ1) is 19.8. The molecule has 1 aliphatic rings. The standard InChI is InChI=1S/C30H30N6O3S2/c31-26(37)23(16-19-8-3-1-4-9-19)32-27(38)21-12-13-25-22(18-21)33-29(40)35(25)14-7-15-36-28(39)24(34-30(36)41)17-20-10-5-2-6-11-20/h1-6,8-13,18,23-24H,7,14-17H2,(H2,31,37)(H,32,38)(H,33,40)(H,34,41)/t23-,24?/m0/s1. The number of aromatic nitrogens is 2. The second kappa shape index (κ2) is 12.4. The van der Waals surface area contributed by atoms with E-state index in [2.05, 4.69) is 15.6 Å². The lowest BCUT2D eigenvalue weighted by atomic mass is 10.0. The van der Waals surface area contributed by atoms with Crippen LogP contribution in [-0.2, 0) is 29.0 Å². The molecule has 1 unspecified atom stereocenters. The van der Waals surface area contributed by atoms with E-state index in [0.29, 0.717) is 53.3 Å². The van der Waals surface area contributed by atoms with Crippen molar-refractivity contribution in [3.63, 3.8) is 0 Å². The molecule has 5 N–H and O–H groups in total. The minimum atomic E-state index is -0.843. The highest BCUT2D eigenvalue weighted by Crippen LogP contribution is 2.19. The number of carbonyl (C=O) groups excluding carboxylic acids is 3. The Bertz CT molecular complexity index is 1650. The summed E-state index contributed by atoms with van der Waals surface area (Å²) in [7, 11) is 0. The van der Waals surface area contributed by atoms with E-state index < -0.39 is 17.9 Å². The molecule has 1 fully saturated rings. The molecule has 0 radical (unpaired) electrons. The Morgan fingerprint density at radius 1 is 0.951 bits per heavy atom. The van der Waals surface area contributed by atoms with Crippen LogP contribution in [0.3, 0.4) is 0 Å². The number of benzene rings is 3. The number of H-pyrrole nitrogens is 1. The Hall–Kier alpha value is -4.35. The highest BCUT2D eigenvalue weighted by Gasteiger charge is 2.34. The Labute approximate surface area is 247 Å². The number of imidazole rings is 1. The molecule has 1 aliphatic heterocycles. The van der Waals surface area contributed by atoms with Crippen LogP contribution in [0.5, 0.6) is 0 Å². The quantitative estimate of drug-likeness (QED) is 0.200. The Morgan fingerprint density at radius 2 is 1.63 bits per heavy atom. The Kier molecular flexibility index (Phi) is 8.55. The smallest absolute Gasteiger partial charge is 0.252 e. The molecular formula is C30H30N6O3S2. The summed E-state index contributed by atoms with van der Waals surface area (Å²) >= 11 is 11.0. The van der Waals surface area contributed by atoms with Gasteiger partial charge in [0, 0.05) is 31.5 Å². The number of aromatic amines is 1. The summed E-state index contributed by atoms with van der Waals surface area (Å²) in [6, 6.07) is 23.2. The molecule has 0 spiro atoms. The first-order valence-corrected chi connectivity index (χ1v) is 14.1. The van der Waals surface area contributed by atoms with Gasteiger partial charge in [-0.3, -0.25) is 19.3 Å². The van der Waals surface area contributed by atoms with Crippen molar-refractivity contribution in [3.05, 3.63) is 100 Å². The first kappa shape index (κ1) is 28.2. The van der Waals surface area contributed by atoms with E-state index in [-0.39, 0.29) is 11.9 Å². The fraction of sp³-hybridized carbons (Fsp3) is 0.233. The number of rotatable bonds is 11. The van der Waals surface area contributed by atoms with Crippen LogP contribution in [0.25, 0.3) is 11.0 Å². The van der Waals surface area contributed by atoms with Gasteiger partial charge in [0.1, 0.15) is 12.1 Å². The molecule has 3 aromatic carbocycles. The zero-order valence-corrected chi connectivity index (χ0v) is 23.8. The average molecular weight is 587 g/mol. The van der Waals surface area contributed by atoms with E-state index in [1.165, 1.54) is 0 Å². The molecule has 1 aromatic heterocycles. The second-order valence-corrected chi connectivity index (χ2v) is 10.7. The number of nitrogens with one attached hydrogen (secondary N) is 3. The maximum Gasteiger partial charge on any atom is 0.252 e. The van der Waals surface area contributed by atoms with Gasteiger partial charge in [0.25, 0.3) is 11.8 Å². The number of primary amides is 1. The molecule has 9 nitrogen and oxygen atoms in total. The Balaban J connectivity index is 1.21. The number of hydrogen-bond donors (Lipinski definition) is 4. The van der Waals surface area contributed by atoms with Gasteiger partial charge < -0.3 is 25.9 Å². The Morgan fingerprint density at radius 3 is 2.32 bits per heavy atom. The number of carbonyl (C=O) groups is 3. The molecule has 11 heteroatoms. The number of fused-ring (bicyclic) bond motifs is 1. The zero-order chi connectivity index (χ0) is 28.9. The van der Waals surface area contributed by atoms with Crippen molar-refractivity contribution in [2.24, 2.45) is 5.73 Å². The maximum absolute atomic E-state index is 13.0. The molecule has 2 heterocycles. The van der Waals surface area contributed by atoms with Crippen LogP contribution in [-0.4, -0.2) is 55.9 Å². The van der Waals surface area contributed by atoms with Gasteiger partial charge in [-0.25, -0.2) is 0 Å². The molecule has 0 saturated carbocycles. The third-order valence-electron chi connectivity index (χ3n) is 7.12. The van der Waals surface area contributed by atoms with Crippen molar-refractivity contribution in [1.82, 2.24) is 25.1 Å². The largest absolute Gasteiger partial charge is 0.368 e. The third kappa shape index (κ3) is 6.53. The van der Waals surface area contributed by atoms with Gasteiger partial charge in [-0.2, -0.15) is 0 Å². The maximum atomic E-state index is 13.0. The predicted octanol–water partition coefficient (Wildman–Crippen LogP) is 3.24. The van der Waals surface area contributed by atoms with Gasteiger partial charge in [-0.05, 0) is 60.2 Å². The van der Waals surface area contributed by atoms with Gasteiger partial charge >= 0.3 is 0 Å². The summed E-state index contributed by atoms with van der Waals surface area (Å²) in [5, 5.41) is 6.33. The topological polar surface area (TPSA) is 125 Å². The fourth-order valence-corrected chi connectivity index (χ4v) is 5.63. The summed E-state index contributed by atoms with van der Waals surface area (Å²) in [6.07, 6.45) is 1.51. The number of aryl methyl sites for hydroxylation is 1. The number of nitrogens with zero attached hydrogens (tertiary/aromatic N) is 2. The lowest BCUT2D eigenvalue weighted by Gasteiger charge is -2.16. The number of amides is 3. The van der Waals surface area contributed by atoms with Crippen molar-refractivity contribution >= 4 is 58.3 Å². The molecule has 5 rings (SSSR count). The molecule has 210 valence electrons. The van der Waals surface area contributed by atoms with Crippen molar-refractivity contribution < 1.29 is 14.4 Å². The molecular weight excluding hydrogens is 557 g/mol. The number of nitrogens with two attached hydrogens (primary N) is 1. The van der Waals surface area contributed by atoms with E-state index in [9.17, 15) is 14.4 Å². The number of hydrogen-bond acceptors (Lipinski definition) is 5.